The normalized spacial score (nSPS) is 18.7. The van der Waals surface area contributed by atoms with Crippen molar-refractivity contribution >= 4 is 34.7 Å². The van der Waals surface area contributed by atoms with Gasteiger partial charge < -0.3 is 10.6 Å². The first kappa shape index (κ1) is 13.7. The molecule has 1 fully saturated rings. The first-order valence-electron chi connectivity index (χ1n) is 6.59. The van der Waals surface area contributed by atoms with Crippen molar-refractivity contribution in [3.8, 4) is 10.4 Å². The number of carbonyl (C=O) groups excluding carboxylic acids is 1. The van der Waals surface area contributed by atoms with Gasteiger partial charge in [0.2, 0.25) is 5.91 Å². The van der Waals surface area contributed by atoms with E-state index < -0.39 is 0 Å². The van der Waals surface area contributed by atoms with Crippen LogP contribution >= 0.6 is 23.1 Å². The molecule has 2 heterocycles. The number of hydrogen-bond acceptors (Lipinski definition) is 4. The van der Waals surface area contributed by atoms with Gasteiger partial charge in [-0.25, -0.2) is 0 Å². The Kier molecular flexibility index (Phi) is 4.40. The maximum absolute atomic E-state index is 12.3. The van der Waals surface area contributed by atoms with Crippen molar-refractivity contribution in [1.82, 2.24) is 5.32 Å². The van der Waals surface area contributed by atoms with Crippen LogP contribution in [0.5, 0.6) is 0 Å². The average Bonchev–Trinajstić information content (AvgIpc) is 3.03. The number of para-hydroxylation sites is 1. The Balaban J connectivity index is 1.79. The van der Waals surface area contributed by atoms with Crippen LogP contribution in [0.25, 0.3) is 10.4 Å². The summed E-state index contributed by atoms with van der Waals surface area (Å²) in [5, 5.41) is 8.37. The van der Waals surface area contributed by atoms with Gasteiger partial charge in [0.25, 0.3) is 0 Å². The fourth-order valence-electron chi connectivity index (χ4n) is 2.19. The molecule has 1 aliphatic rings. The molecule has 1 aromatic heterocycles. The summed E-state index contributed by atoms with van der Waals surface area (Å²) in [5.74, 6) is 1.98. The minimum absolute atomic E-state index is 0.0567. The molecule has 1 atom stereocenters. The Morgan fingerprint density at radius 2 is 2.15 bits per heavy atom. The maximum Gasteiger partial charge on any atom is 0.242 e. The lowest BCUT2D eigenvalue weighted by Crippen LogP contribution is -2.46. The van der Waals surface area contributed by atoms with Gasteiger partial charge in [0.15, 0.2) is 0 Å². The van der Waals surface area contributed by atoms with Crippen molar-refractivity contribution in [2.24, 2.45) is 0 Å². The predicted octanol–water partition coefficient (Wildman–Crippen LogP) is 3.06. The number of nitrogens with one attached hydrogen (secondary N) is 2. The zero-order chi connectivity index (χ0) is 13.8. The smallest absolute Gasteiger partial charge is 0.242 e. The van der Waals surface area contributed by atoms with Crippen molar-refractivity contribution in [3.63, 3.8) is 0 Å². The van der Waals surface area contributed by atoms with Gasteiger partial charge in [0.1, 0.15) is 0 Å². The summed E-state index contributed by atoms with van der Waals surface area (Å²) in [4.78, 5) is 13.5. The van der Waals surface area contributed by atoms with Gasteiger partial charge in [-0.1, -0.05) is 24.3 Å². The molecule has 1 unspecified atom stereocenters. The van der Waals surface area contributed by atoms with Crippen LogP contribution in [0.15, 0.2) is 41.8 Å². The standard InChI is InChI=1S/C15H16N2OS2/c18-15(13-10-19-9-7-16-13)17-12-5-2-1-4-11(12)14-6-3-8-20-14/h1-6,8,13,16H,7,9-10H2,(H,17,18). The highest BCUT2D eigenvalue weighted by atomic mass is 32.2. The summed E-state index contributed by atoms with van der Waals surface area (Å²) >= 11 is 3.50. The third-order valence-electron chi connectivity index (χ3n) is 3.21. The molecule has 20 heavy (non-hydrogen) atoms. The Morgan fingerprint density at radius 3 is 2.90 bits per heavy atom. The third-order valence-corrected chi connectivity index (χ3v) is 5.17. The van der Waals surface area contributed by atoms with Crippen LogP contribution in [0.3, 0.4) is 0 Å². The predicted molar refractivity (Wildman–Crippen MR) is 87.5 cm³/mol. The molecule has 0 radical (unpaired) electrons. The molecule has 1 aromatic carbocycles. The fourth-order valence-corrected chi connectivity index (χ4v) is 3.89. The topological polar surface area (TPSA) is 41.1 Å². The summed E-state index contributed by atoms with van der Waals surface area (Å²) in [6.45, 7) is 0.898. The second kappa shape index (κ2) is 6.43. The molecule has 2 N–H and O–H groups in total. The van der Waals surface area contributed by atoms with Gasteiger partial charge >= 0.3 is 0 Å². The van der Waals surface area contributed by atoms with Crippen molar-refractivity contribution < 1.29 is 4.79 Å². The van der Waals surface area contributed by atoms with E-state index in [0.29, 0.717) is 0 Å². The van der Waals surface area contributed by atoms with Crippen LogP contribution in [0.4, 0.5) is 5.69 Å². The highest BCUT2D eigenvalue weighted by Gasteiger charge is 2.21. The maximum atomic E-state index is 12.3. The van der Waals surface area contributed by atoms with Crippen LogP contribution in [0.1, 0.15) is 0 Å². The molecule has 3 rings (SSSR count). The number of carbonyl (C=O) groups is 1. The number of amides is 1. The highest BCUT2D eigenvalue weighted by molar-refractivity contribution is 7.99. The van der Waals surface area contributed by atoms with Crippen LogP contribution in [0.2, 0.25) is 0 Å². The van der Waals surface area contributed by atoms with E-state index >= 15 is 0 Å². The summed E-state index contributed by atoms with van der Waals surface area (Å²) in [6, 6.07) is 12.0. The number of benzene rings is 1. The molecule has 1 aliphatic heterocycles. The van der Waals surface area contributed by atoms with E-state index in [2.05, 4.69) is 16.7 Å². The first-order chi connectivity index (χ1) is 9.84. The lowest BCUT2D eigenvalue weighted by molar-refractivity contribution is -0.117. The number of anilines is 1. The SMILES string of the molecule is O=C(Nc1ccccc1-c1cccs1)C1CSCCN1. The van der Waals surface area contributed by atoms with Gasteiger partial charge in [0, 0.05) is 34.2 Å². The van der Waals surface area contributed by atoms with Crippen LogP contribution < -0.4 is 10.6 Å². The summed E-state index contributed by atoms with van der Waals surface area (Å²) in [6.07, 6.45) is 0. The summed E-state index contributed by atoms with van der Waals surface area (Å²) < 4.78 is 0. The van der Waals surface area contributed by atoms with E-state index in [0.717, 1.165) is 29.3 Å². The summed E-state index contributed by atoms with van der Waals surface area (Å²) in [5.41, 5.74) is 1.97. The number of rotatable bonds is 3. The largest absolute Gasteiger partial charge is 0.324 e. The third kappa shape index (κ3) is 3.06. The van der Waals surface area contributed by atoms with Crippen LogP contribution in [-0.2, 0) is 4.79 Å². The van der Waals surface area contributed by atoms with E-state index in [9.17, 15) is 4.79 Å². The van der Waals surface area contributed by atoms with E-state index in [1.54, 1.807) is 11.3 Å². The molecule has 3 nitrogen and oxygen atoms in total. The van der Waals surface area contributed by atoms with E-state index in [4.69, 9.17) is 0 Å². The van der Waals surface area contributed by atoms with Crippen molar-refractivity contribution in [3.05, 3.63) is 41.8 Å². The molecular formula is C15H16N2OS2. The second-order valence-electron chi connectivity index (χ2n) is 4.59. The Bertz CT molecular complexity index is 577. The van der Waals surface area contributed by atoms with Crippen molar-refractivity contribution in [2.75, 3.05) is 23.4 Å². The van der Waals surface area contributed by atoms with E-state index in [1.807, 2.05) is 47.5 Å². The Hall–Kier alpha value is -1.30. The molecule has 104 valence electrons. The molecule has 0 bridgehead atoms. The van der Waals surface area contributed by atoms with Gasteiger partial charge in [-0.15, -0.1) is 11.3 Å². The lowest BCUT2D eigenvalue weighted by atomic mass is 10.1. The van der Waals surface area contributed by atoms with E-state index in [-0.39, 0.29) is 11.9 Å². The van der Waals surface area contributed by atoms with Crippen molar-refractivity contribution in [1.29, 1.82) is 0 Å². The highest BCUT2D eigenvalue weighted by Crippen LogP contribution is 2.31. The summed E-state index contributed by atoms with van der Waals surface area (Å²) in [7, 11) is 0. The average molecular weight is 304 g/mol. The zero-order valence-electron chi connectivity index (χ0n) is 11.0. The molecular weight excluding hydrogens is 288 g/mol. The van der Waals surface area contributed by atoms with E-state index in [1.165, 1.54) is 4.88 Å². The lowest BCUT2D eigenvalue weighted by Gasteiger charge is -2.22. The monoisotopic (exact) mass is 304 g/mol. The quantitative estimate of drug-likeness (QED) is 0.915. The molecule has 1 saturated heterocycles. The first-order valence-corrected chi connectivity index (χ1v) is 8.63. The van der Waals surface area contributed by atoms with Gasteiger partial charge in [0.05, 0.1) is 6.04 Å². The Labute approximate surface area is 126 Å². The van der Waals surface area contributed by atoms with Crippen LogP contribution in [-0.4, -0.2) is 30.0 Å². The molecule has 5 heteroatoms. The van der Waals surface area contributed by atoms with Crippen LogP contribution in [0, 0.1) is 0 Å². The van der Waals surface area contributed by atoms with Gasteiger partial charge in [-0.3, -0.25) is 4.79 Å². The number of hydrogen-bond donors (Lipinski definition) is 2. The molecule has 0 aliphatic carbocycles. The fraction of sp³-hybridized carbons (Fsp3) is 0.267. The molecule has 0 saturated carbocycles. The zero-order valence-corrected chi connectivity index (χ0v) is 12.6. The molecule has 0 spiro atoms. The molecule has 1 amide bonds. The second-order valence-corrected chi connectivity index (χ2v) is 6.69. The van der Waals surface area contributed by atoms with Crippen molar-refractivity contribution in [2.45, 2.75) is 6.04 Å². The van der Waals surface area contributed by atoms with Gasteiger partial charge in [-0.2, -0.15) is 11.8 Å². The van der Waals surface area contributed by atoms with Gasteiger partial charge in [-0.05, 0) is 17.5 Å². The molecule has 2 aromatic rings. The number of thioether (sulfide) groups is 1. The number of thiophene rings is 1. The minimum Gasteiger partial charge on any atom is -0.324 e. The Morgan fingerprint density at radius 1 is 1.25 bits per heavy atom. The minimum atomic E-state index is -0.0925.